The molecule has 3 nitrogen and oxygen atoms in total. The predicted octanol–water partition coefficient (Wildman–Crippen LogP) is 4.30. The SMILES string of the molecule is CCCCCC(C)(C)CNc1ccc(N)c(OC)c1. The van der Waals surface area contributed by atoms with Gasteiger partial charge < -0.3 is 15.8 Å². The second kappa shape index (κ2) is 7.27. The van der Waals surface area contributed by atoms with Gasteiger partial charge in [-0.25, -0.2) is 0 Å². The van der Waals surface area contributed by atoms with Crippen molar-refractivity contribution in [1.29, 1.82) is 0 Å². The first-order valence-corrected chi connectivity index (χ1v) is 7.16. The highest BCUT2D eigenvalue weighted by molar-refractivity contribution is 5.61. The molecule has 0 aliphatic rings. The molecule has 0 saturated heterocycles. The first-order valence-electron chi connectivity index (χ1n) is 7.16. The van der Waals surface area contributed by atoms with Gasteiger partial charge >= 0.3 is 0 Å². The molecule has 0 aliphatic heterocycles. The van der Waals surface area contributed by atoms with Crippen molar-refractivity contribution < 1.29 is 4.74 Å². The number of nitrogen functional groups attached to an aromatic ring is 1. The molecule has 0 amide bonds. The van der Waals surface area contributed by atoms with Gasteiger partial charge in [0.05, 0.1) is 12.8 Å². The molecule has 0 unspecified atom stereocenters. The van der Waals surface area contributed by atoms with E-state index < -0.39 is 0 Å². The van der Waals surface area contributed by atoms with Crippen LogP contribution in [-0.2, 0) is 0 Å². The van der Waals surface area contributed by atoms with E-state index in [1.807, 2.05) is 18.2 Å². The number of hydrogen-bond donors (Lipinski definition) is 2. The number of anilines is 2. The zero-order chi connectivity index (χ0) is 14.3. The van der Waals surface area contributed by atoms with Crippen LogP contribution in [-0.4, -0.2) is 13.7 Å². The highest BCUT2D eigenvalue weighted by Crippen LogP contribution is 2.28. The van der Waals surface area contributed by atoms with Crippen LogP contribution >= 0.6 is 0 Å². The first-order chi connectivity index (χ1) is 8.98. The van der Waals surface area contributed by atoms with E-state index in [-0.39, 0.29) is 0 Å². The molecule has 1 aromatic rings. The summed E-state index contributed by atoms with van der Waals surface area (Å²) in [5, 5.41) is 3.48. The minimum atomic E-state index is 0.309. The van der Waals surface area contributed by atoms with Crippen LogP contribution in [0.15, 0.2) is 18.2 Å². The predicted molar refractivity (Wildman–Crippen MR) is 83.8 cm³/mol. The minimum Gasteiger partial charge on any atom is -0.495 e. The Morgan fingerprint density at radius 1 is 1.26 bits per heavy atom. The Kier molecular flexibility index (Phi) is 6.00. The maximum Gasteiger partial charge on any atom is 0.143 e. The number of nitrogens with two attached hydrogens (primary N) is 1. The van der Waals surface area contributed by atoms with E-state index in [2.05, 4.69) is 26.1 Å². The van der Waals surface area contributed by atoms with E-state index in [0.29, 0.717) is 11.1 Å². The van der Waals surface area contributed by atoms with E-state index in [1.165, 1.54) is 25.7 Å². The van der Waals surface area contributed by atoms with Crippen molar-refractivity contribution in [2.75, 3.05) is 24.7 Å². The summed E-state index contributed by atoms with van der Waals surface area (Å²) in [6, 6.07) is 5.84. The summed E-state index contributed by atoms with van der Waals surface area (Å²) in [7, 11) is 1.64. The Morgan fingerprint density at radius 3 is 2.63 bits per heavy atom. The van der Waals surface area contributed by atoms with Crippen LogP contribution in [0.3, 0.4) is 0 Å². The summed E-state index contributed by atoms with van der Waals surface area (Å²) in [5.41, 5.74) is 7.86. The van der Waals surface area contributed by atoms with Gasteiger partial charge in [-0.05, 0) is 24.0 Å². The molecule has 0 saturated carbocycles. The van der Waals surface area contributed by atoms with Gasteiger partial charge in [-0.15, -0.1) is 0 Å². The molecule has 0 spiro atoms. The summed E-state index contributed by atoms with van der Waals surface area (Å²) in [6.07, 6.45) is 5.15. The van der Waals surface area contributed by atoms with Gasteiger partial charge in [0.2, 0.25) is 0 Å². The van der Waals surface area contributed by atoms with E-state index in [0.717, 1.165) is 18.0 Å². The molecule has 1 rings (SSSR count). The van der Waals surface area contributed by atoms with Crippen molar-refractivity contribution in [2.24, 2.45) is 5.41 Å². The smallest absolute Gasteiger partial charge is 0.143 e. The fourth-order valence-corrected chi connectivity index (χ4v) is 2.10. The Morgan fingerprint density at radius 2 is 2.00 bits per heavy atom. The average molecular weight is 264 g/mol. The van der Waals surface area contributed by atoms with Crippen LogP contribution in [0.2, 0.25) is 0 Å². The van der Waals surface area contributed by atoms with E-state index in [1.54, 1.807) is 7.11 Å². The maximum absolute atomic E-state index is 5.81. The third kappa shape index (κ3) is 5.41. The van der Waals surface area contributed by atoms with Crippen LogP contribution in [0, 0.1) is 5.41 Å². The molecule has 0 radical (unpaired) electrons. The van der Waals surface area contributed by atoms with E-state index in [4.69, 9.17) is 10.5 Å². The summed E-state index contributed by atoms with van der Waals surface area (Å²) < 4.78 is 5.23. The molecule has 0 heterocycles. The number of rotatable bonds is 8. The van der Waals surface area contributed by atoms with Crippen molar-refractivity contribution >= 4 is 11.4 Å². The van der Waals surface area contributed by atoms with Gasteiger partial charge in [0, 0.05) is 18.3 Å². The lowest BCUT2D eigenvalue weighted by Crippen LogP contribution is -2.23. The average Bonchev–Trinajstić information content (AvgIpc) is 2.38. The van der Waals surface area contributed by atoms with Crippen LogP contribution in [0.4, 0.5) is 11.4 Å². The first kappa shape index (κ1) is 15.7. The molecule has 0 atom stereocenters. The molecule has 0 aliphatic carbocycles. The zero-order valence-corrected chi connectivity index (χ0v) is 12.8. The Balaban J connectivity index is 2.51. The minimum absolute atomic E-state index is 0.309. The Hall–Kier alpha value is -1.38. The third-order valence-corrected chi connectivity index (χ3v) is 3.46. The summed E-state index contributed by atoms with van der Waals surface area (Å²) >= 11 is 0. The Labute approximate surface area is 117 Å². The van der Waals surface area contributed by atoms with Crippen LogP contribution < -0.4 is 15.8 Å². The van der Waals surface area contributed by atoms with Gasteiger partial charge in [0.15, 0.2) is 0 Å². The quantitative estimate of drug-likeness (QED) is 0.543. The van der Waals surface area contributed by atoms with Crippen LogP contribution in [0.1, 0.15) is 46.5 Å². The monoisotopic (exact) mass is 264 g/mol. The van der Waals surface area contributed by atoms with Gasteiger partial charge in [-0.3, -0.25) is 0 Å². The largest absolute Gasteiger partial charge is 0.495 e. The molecule has 3 N–H and O–H groups in total. The van der Waals surface area contributed by atoms with E-state index >= 15 is 0 Å². The molecule has 0 bridgehead atoms. The van der Waals surface area contributed by atoms with Crippen molar-refractivity contribution in [2.45, 2.75) is 46.5 Å². The van der Waals surface area contributed by atoms with Gasteiger partial charge in [0.25, 0.3) is 0 Å². The lowest BCUT2D eigenvalue weighted by Gasteiger charge is -2.25. The van der Waals surface area contributed by atoms with Crippen molar-refractivity contribution in [3.8, 4) is 5.75 Å². The van der Waals surface area contributed by atoms with Crippen LogP contribution in [0.5, 0.6) is 5.75 Å². The van der Waals surface area contributed by atoms with Crippen molar-refractivity contribution in [3.05, 3.63) is 18.2 Å². The fourth-order valence-electron chi connectivity index (χ4n) is 2.10. The number of methoxy groups -OCH3 is 1. The number of hydrogen-bond acceptors (Lipinski definition) is 3. The molecular formula is C16H28N2O. The topological polar surface area (TPSA) is 47.3 Å². The van der Waals surface area contributed by atoms with Crippen molar-refractivity contribution in [1.82, 2.24) is 0 Å². The number of unbranched alkanes of at least 4 members (excludes halogenated alkanes) is 2. The number of ether oxygens (including phenoxy) is 1. The maximum atomic E-state index is 5.81. The molecule has 19 heavy (non-hydrogen) atoms. The van der Waals surface area contributed by atoms with Gasteiger partial charge in [-0.2, -0.15) is 0 Å². The van der Waals surface area contributed by atoms with Crippen molar-refractivity contribution in [3.63, 3.8) is 0 Å². The third-order valence-electron chi connectivity index (χ3n) is 3.46. The molecule has 1 aromatic carbocycles. The van der Waals surface area contributed by atoms with Gasteiger partial charge in [0.1, 0.15) is 5.75 Å². The highest BCUT2D eigenvalue weighted by atomic mass is 16.5. The molecule has 0 aromatic heterocycles. The lowest BCUT2D eigenvalue weighted by molar-refractivity contribution is 0.342. The molecule has 0 fully saturated rings. The second-order valence-electron chi connectivity index (χ2n) is 5.93. The van der Waals surface area contributed by atoms with Crippen LogP contribution in [0.25, 0.3) is 0 Å². The summed E-state index contributed by atoms with van der Waals surface area (Å²) in [6.45, 7) is 7.82. The zero-order valence-electron chi connectivity index (χ0n) is 12.8. The highest BCUT2D eigenvalue weighted by Gasteiger charge is 2.17. The number of nitrogens with one attached hydrogen (secondary N) is 1. The Bertz CT molecular complexity index is 388. The number of benzene rings is 1. The summed E-state index contributed by atoms with van der Waals surface area (Å²) in [5.74, 6) is 0.730. The van der Waals surface area contributed by atoms with E-state index in [9.17, 15) is 0 Å². The standard InChI is InChI=1S/C16H28N2O/c1-5-6-7-10-16(2,3)12-18-13-8-9-14(17)15(11-13)19-4/h8-9,11,18H,5-7,10,12,17H2,1-4H3. The lowest BCUT2D eigenvalue weighted by atomic mass is 9.87. The normalized spacial score (nSPS) is 11.4. The summed E-state index contributed by atoms with van der Waals surface area (Å²) in [4.78, 5) is 0. The molecule has 3 heteroatoms. The fraction of sp³-hybridized carbons (Fsp3) is 0.625. The second-order valence-corrected chi connectivity index (χ2v) is 5.93. The van der Waals surface area contributed by atoms with Gasteiger partial charge in [-0.1, -0.05) is 40.0 Å². The molecular weight excluding hydrogens is 236 g/mol. The molecule has 108 valence electrons.